The molecule has 7 nitrogen and oxygen atoms in total. The number of aromatic nitrogens is 4. The third kappa shape index (κ3) is 4.20. The Hall–Kier alpha value is -2.09. The van der Waals surface area contributed by atoms with Gasteiger partial charge in [-0.05, 0) is 35.9 Å². The maximum atomic E-state index is 12.3. The molecule has 2 atom stereocenters. The van der Waals surface area contributed by atoms with E-state index in [0.29, 0.717) is 18.1 Å². The maximum absolute atomic E-state index is 12.3. The zero-order chi connectivity index (χ0) is 15.9. The molecule has 0 saturated heterocycles. The number of para-hydroxylation sites is 1. The average Bonchev–Trinajstić information content (AvgIpc) is 2.95. The standard InChI is InChI=1S/C14H19N5O2S/c1-3-9-19-13(16-17-18-19)10-22(21)11(2)14(20)15-12-7-5-4-6-8-12/h4-8,11H,3,9-10H2,1-2H3,(H,15,20)/t11-,22-/m0/s1. The van der Waals surface area contributed by atoms with E-state index in [1.54, 1.807) is 23.7 Å². The van der Waals surface area contributed by atoms with Crippen LogP contribution in [0, 0.1) is 0 Å². The molecule has 1 aromatic heterocycles. The molecule has 0 fully saturated rings. The summed E-state index contributed by atoms with van der Waals surface area (Å²) in [5.41, 5.74) is 0.687. The number of rotatable bonds is 7. The van der Waals surface area contributed by atoms with Crippen molar-refractivity contribution in [3.05, 3.63) is 36.2 Å². The largest absolute Gasteiger partial charge is 0.325 e. The minimum atomic E-state index is -1.39. The van der Waals surface area contributed by atoms with Crippen molar-refractivity contribution in [2.75, 3.05) is 5.32 Å². The van der Waals surface area contributed by atoms with Crippen molar-refractivity contribution >= 4 is 22.4 Å². The van der Waals surface area contributed by atoms with Crippen LogP contribution in [-0.2, 0) is 27.9 Å². The molecule has 2 rings (SSSR count). The van der Waals surface area contributed by atoms with Crippen molar-refractivity contribution in [1.82, 2.24) is 20.2 Å². The van der Waals surface area contributed by atoms with Crippen LogP contribution in [0.2, 0.25) is 0 Å². The Labute approximate surface area is 131 Å². The van der Waals surface area contributed by atoms with E-state index in [9.17, 15) is 9.00 Å². The van der Waals surface area contributed by atoms with Crippen molar-refractivity contribution in [1.29, 1.82) is 0 Å². The van der Waals surface area contributed by atoms with E-state index in [4.69, 9.17) is 0 Å². The van der Waals surface area contributed by atoms with Gasteiger partial charge in [-0.25, -0.2) is 4.68 Å². The highest BCUT2D eigenvalue weighted by Gasteiger charge is 2.22. The summed E-state index contributed by atoms with van der Waals surface area (Å²) in [5.74, 6) is 0.426. The second-order valence-electron chi connectivity index (χ2n) is 4.84. The number of carbonyl (C=O) groups is 1. The van der Waals surface area contributed by atoms with E-state index < -0.39 is 16.0 Å². The second kappa shape index (κ2) is 7.79. The van der Waals surface area contributed by atoms with Crippen molar-refractivity contribution in [2.45, 2.75) is 37.8 Å². The van der Waals surface area contributed by atoms with Crippen molar-refractivity contribution in [2.24, 2.45) is 0 Å². The quantitative estimate of drug-likeness (QED) is 0.831. The molecule has 0 aliphatic heterocycles. The Balaban J connectivity index is 1.96. The van der Waals surface area contributed by atoms with Crippen LogP contribution >= 0.6 is 0 Å². The topological polar surface area (TPSA) is 89.8 Å². The molecule has 0 radical (unpaired) electrons. The predicted molar refractivity (Wildman–Crippen MR) is 84.5 cm³/mol. The van der Waals surface area contributed by atoms with Gasteiger partial charge in [0.25, 0.3) is 0 Å². The number of anilines is 1. The van der Waals surface area contributed by atoms with Gasteiger partial charge in [0.05, 0.1) is 5.75 Å². The highest BCUT2D eigenvalue weighted by Crippen LogP contribution is 2.10. The maximum Gasteiger partial charge on any atom is 0.239 e. The molecule has 0 unspecified atom stereocenters. The summed E-state index contributed by atoms with van der Waals surface area (Å²) in [6.07, 6.45) is 0.884. The minimum Gasteiger partial charge on any atom is -0.325 e. The number of aryl methyl sites for hydroxylation is 1. The first-order chi connectivity index (χ1) is 10.6. The Morgan fingerprint density at radius 2 is 2.09 bits per heavy atom. The first-order valence-electron chi connectivity index (χ1n) is 7.10. The fourth-order valence-corrected chi connectivity index (χ4v) is 2.86. The van der Waals surface area contributed by atoms with E-state index >= 15 is 0 Å². The second-order valence-corrected chi connectivity index (χ2v) is 6.60. The van der Waals surface area contributed by atoms with Gasteiger partial charge in [-0.2, -0.15) is 0 Å². The molecule has 0 aliphatic carbocycles. The van der Waals surface area contributed by atoms with Crippen LogP contribution < -0.4 is 5.32 Å². The average molecular weight is 321 g/mol. The van der Waals surface area contributed by atoms with E-state index in [1.807, 2.05) is 25.1 Å². The number of carbonyl (C=O) groups excluding carboxylic acids is 1. The lowest BCUT2D eigenvalue weighted by Crippen LogP contribution is -2.30. The smallest absolute Gasteiger partial charge is 0.239 e. The van der Waals surface area contributed by atoms with Gasteiger partial charge in [-0.1, -0.05) is 25.1 Å². The summed E-state index contributed by atoms with van der Waals surface area (Å²) in [7, 11) is -1.39. The molecule has 118 valence electrons. The summed E-state index contributed by atoms with van der Waals surface area (Å²) in [4.78, 5) is 12.1. The molecule has 2 aromatic rings. The predicted octanol–water partition coefficient (Wildman–Crippen LogP) is 1.36. The van der Waals surface area contributed by atoms with Gasteiger partial charge in [0, 0.05) is 23.0 Å². The van der Waals surface area contributed by atoms with E-state index in [2.05, 4.69) is 20.8 Å². The Morgan fingerprint density at radius 3 is 2.77 bits per heavy atom. The van der Waals surface area contributed by atoms with Gasteiger partial charge >= 0.3 is 0 Å². The summed E-state index contributed by atoms with van der Waals surface area (Å²) < 4.78 is 14.0. The molecular weight excluding hydrogens is 302 g/mol. The van der Waals surface area contributed by atoms with Crippen LogP contribution in [0.5, 0.6) is 0 Å². The highest BCUT2D eigenvalue weighted by atomic mass is 32.2. The summed E-state index contributed by atoms with van der Waals surface area (Å²) in [6.45, 7) is 4.32. The molecule has 0 aliphatic rings. The summed E-state index contributed by atoms with van der Waals surface area (Å²) in [6, 6.07) is 9.10. The fraction of sp³-hybridized carbons (Fsp3) is 0.429. The Kier molecular flexibility index (Phi) is 5.76. The zero-order valence-corrected chi connectivity index (χ0v) is 13.4. The molecule has 0 saturated carbocycles. The summed E-state index contributed by atoms with van der Waals surface area (Å²) >= 11 is 0. The molecule has 1 aromatic carbocycles. The van der Waals surface area contributed by atoms with Gasteiger partial charge in [0.1, 0.15) is 5.25 Å². The SMILES string of the molecule is CCCn1nnnc1C[S@](=O)[C@@H](C)C(=O)Nc1ccccc1. The summed E-state index contributed by atoms with van der Waals surface area (Å²) in [5, 5.41) is 13.4. The molecule has 1 amide bonds. The molecule has 8 heteroatoms. The molecule has 0 bridgehead atoms. The van der Waals surface area contributed by atoms with Crippen molar-refractivity contribution < 1.29 is 9.00 Å². The van der Waals surface area contributed by atoms with E-state index in [1.165, 1.54) is 0 Å². The first-order valence-corrected chi connectivity index (χ1v) is 8.48. The lowest BCUT2D eigenvalue weighted by molar-refractivity contribution is -0.115. The highest BCUT2D eigenvalue weighted by molar-refractivity contribution is 7.85. The minimum absolute atomic E-state index is 0.163. The normalized spacial score (nSPS) is 13.5. The van der Waals surface area contributed by atoms with E-state index in [0.717, 1.165) is 6.42 Å². The Morgan fingerprint density at radius 1 is 1.36 bits per heavy atom. The van der Waals surface area contributed by atoms with Crippen LogP contribution in [0.15, 0.2) is 30.3 Å². The van der Waals surface area contributed by atoms with Crippen LogP contribution in [0.4, 0.5) is 5.69 Å². The molecule has 0 spiro atoms. The molecule has 1 heterocycles. The van der Waals surface area contributed by atoms with Crippen LogP contribution in [-0.4, -0.2) is 35.6 Å². The van der Waals surface area contributed by atoms with Crippen LogP contribution in [0.3, 0.4) is 0 Å². The van der Waals surface area contributed by atoms with Gasteiger partial charge in [-0.3, -0.25) is 9.00 Å². The van der Waals surface area contributed by atoms with Crippen molar-refractivity contribution in [3.63, 3.8) is 0 Å². The number of hydrogen-bond acceptors (Lipinski definition) is 5. The number of benzene rings is 1. The van der Waals surface area contributed by atoms with Gasteiger partial charge < -0.3 is 5.32 Å². The molecule has 22 heavy (non-hydrogen) atoms. The lowest BCUT2D eigenvalue weighted by atomic mass is 10.3. The number of hydrogen-bond donors (Lipinski definition) is 1. The lowest BCUT2D eigenvalue weighted by Gasteiger charge is -2.12. The van der Waals surface area contributed by atoms with Crippen molar-refractivity contribution in [3.8, 4) is 0 Å². The third-order valence-electron chi connectivity index (χ3n) is 3.12. The van der Waals surface area contributed by atoms with E-state index in [-0.39, 0.29) is 11.7 Å². The van der Waals surface area contributed by atoms with Crippen LogP contribution in [0.25, 0.3) is 0 Å². The molecular formula is C14H19N5O2S. The molecule has 1 N–H and O–H groups in total. The number of tetrazole rings is 1. The van der Waals surface area contributed by atoms with Gasteiger partial charge in [0.2, 0.25) is 5.91 Å². The number of amides is 1. The number of nitrogens with one attached hydrogen (secondary N) is 1. The fourth-order valence-electron chi connectivity index (χ4n) is 1.85. The monoisotopic (exact) mass is 321 g/mol. The van der Waals surface area contributed by atoms with Gasteiger partial charge in [0.15, 0.2) is 5.82 Å². The zero-order valence-electron chi connectivity index (χ0n) is 12.6. The number of nitrogens with zero attached hydrogens (tertiary/aromatic N) is 4. The van der Waals surface area contributed by atoms with Gasteiger partial charge in [-0.15, -0.1) is 5.10 Å². The third-order valence-corrected chi connectivity index (χ3v) is 4.66. The Bertz CT molecular complexity index is 644. The first kappa shape index (κ1) is 16.3. The van der Waals surface area contributed by atoms with Crippen LogP contribution in [0.1, 0.15) is 26.1 Å².